The van der Waals surface area contributed by atoms with E-state index < -0.39 is 10.0 Å². The maximum absolute atomic E-state index is 12.0. The highest BCUT2D eigenvalue weighted by atomic mass is 32.2. The average Bonchev–Trinajstić information content (AvgIpc) is 2.60. The first-order chi connectivity index (χ1) is 8.95. The number of aromatic nitrogens is 2. The summed E-state index contributed by atoms with van der Waals surface area (Å²) >= 11 is 0. The molecule has 0 saturated carbocycles. The summed E-state index contributed by atoms with van der Waals surface area (Å²) in [6.45, 7) is 2.70. The molecule has 0 N–H and O–H groups in total. The minimum absolute atomic E-state index is 0.148. The highest BCUT2D eigenvalue weighted by Crippen LogP contribution is 2.23. The van der Waals surface area contributed by atoms with E-state index in [-0.39, 0.29) is 5.75 Å². The van der Waals surface area contributed by atoms with E-state index in [0.29, 0.717) is 25.9 Å². The molecular formula is C12H20N4O2S. The monoisotopic (exact) mass is 284 g/mol. The zero-order valence-corrected chi connectivity index (χ0v) is 12.4. The molecule has 2 heterocycles. The van der Waals surface area contributed by atoms with Crippen molar-refractivity contribution < 1.29 is 8.42 Å². The van der Waals surface area contributed by atoms with Gasteiger partial charge in [-0.15, -0.1) is 0 Å². The summed E-state index contributed by atoms with van der Waals surface area (Å²) in [5, 5.41) is 0. The molecule has 2 rings (SSSR count). The fraction of sp³-hybridized carbons (Fsp3) is 0.667. The first-order valence-corrected chi connectivity index (χ1v) is 8.04. The van der Waals surface area contributed by atoms with Gasteiger partial charge in [0.05, 0.1) is 11.4 Å². The third-order valence-corrected chi connectivity index (χ3v) is 5.28. The van der Waals surface area contributed by atoms with Gasteiger partial charge >= 0.3 is 0 Å². The Morgan fingerprint density at radius 1 is 1.26 bits per heavy atom. The summed E-state index contributed by atoms with van der Waals surface area (Å²) in [6, 6.07) is 0. The largest absolute Gasteiger partial charge is 0.362 e. The third-order valence-electron chi connectivity index (χ3n) is 3.40. The number of sulfonamides is 1. The lowest BCUT2D eigenvalue weighted by Crippen LogP contribution is -2.34. The Balaban J connectivity index is 2.30. The van der Waals surface area contributed by atoms with Gasteiger partial charge in [0, 0.05) is 39.2 Å². The van der Waals surface area contributed by atoms with E-state index in [2.05, 4.69) is 9.97 Å². The molecule has 7 heteroatoms. The fourth-order valence-electron chi connectivity index (χ4n) is 2.33. The van der Waals surface area contributed by atoms with E-state index in [9.17, 15) is 8.42 Å². The van der Waals surface area contributed by atoms with Crippen molar-refractivity contribution in [3.05, 3.63) is 17.6 Å². The van der Waals surface area contributed by atoms with Crippen molar-refractivity contribution in [2.75, 3.05) is 37.8 Å². The standard InChI is InChI=1S/C12H20N4O2S/c1-4-19(17,18)16-7-5-10-11(6-8-16)13-9-14-12(10)15(2)3/h9H,4-8H2,1-3H3. The highest BCUT2D eigenvalue weighted by Gasteiger charge is 2.25. The summed E-state index contributed by atoms with van der Waals surface area (Å²) in [7, 11) is 0.753. The Morgan fingerprint density at radius 3 is 2.58 bits per heavy atom. The lowest BCUT2D eigenvalue weighted by atomic mass is 10.1. The SMILES string of the molecule is CCS(=O)(=O)N1CCc2ncnc(N(C)C)c2CC1. The van der Waals surface area contributed by atoms with Crippen LogP contribution in [0.4, 0.5) is 5.82 Å². The van der Waals surface area contributed by atoms with Crippen LogP contribution in [0, 0.1) is 0 Å². The van der Waals surface area contributed by atoms with Gasteiger partial charge in [0.15, 0.2) is 0 Å². The van der Waals surface area contributed by atoms with Gasteiger partial charge in [0.25, 0.3) is 0 Å². The van der Waals surface area contributed by atoms with Gasteiger partial charge in [0.1, 0.15) is 12.1 Å². The molecule has 0 aromatic carbocycles. The summed E-state index contributed by atoms with van der Waals surface area (Å²) in [5.74, 6) is 1.04. The maximum atomic E-state index is 12.0. The Kier molecular flexibility index (Phi) is 4.05. The molecule has 0 bridgehead atoms. The second kappa shape index (κ2) is 5.42. The molecule has 106 valence electrons. The number of nitrogens with zero attached hydrogens (tertiary/aromatic N) is 4. The van der Waals surface area contributed by atoms with Crippen LogP contribution in [-0.4, -0.2) is 55.6 Å². The zero-order valence-electron chi connectivity index (χ0n) is 11.6. The predicted octanol–water partition coefficient (Wildman–Crippen LogP) is 0.293. The van der Waals surface area contributed by atoms with Crippen molar-refractivity contribution in [2.45, 2.75) is 19.8 Å². The Morgan fingerprint density at radius 2 is 1.95 bits per heavy atom. The van der Waals surface area contributed by atoms with Gasteiger partial charge in [-0.1, -0.05) is 0 Å². The molecule has 1 aliphatic heterocycles. The molecule has 0 unspecified atom stereocenters. The van der Waals surface area contributed by atoms with Crippen molar-refractivity contribution in [3.8, 4) is 0 Å². The van der Waals surface area contributed by atoms with Gasteiger partial charge < -0.3 is 4.90 Å². The molecule has 0 amide bonds. The second-order valence-corrected chi connectivity index (χ2v) is 7.07. The number of hydrogen-bond donors (Lipinski definition) is 0. The molecule has 0 saturated heterocycles. The fourth-order valence-corrected chi connectivity index (χ4v) is 3.44. The first kappa shape index (κ1) is 14.2. The Labute approximate surface area is 114 Å². The molecule has 1 aromatic heterocycles. The molecule has 0 atom stereocenters. The summed E-state index contributed by atoms with van der Waals surface area (Å²) in [5.41, 5.74) is 2.04. The number of fused-ring (bicyclic) bond motifs is 1. The molecule has 6 nitrogen and oxygen atoms in total. The quantitative estimate of drug-likeness (QED) is 0.798. The number of rotatable bonds is 3. The Bertz CT molecular complexity index is 557. The van der Waals surface area contributed by atoms with Crippen molar-refractivity contribution in [1.82, 2.24) is 14.3 Å². The molecule has 1 aromatic rings. The Hall–Kier alpha value is -1.21. The van der Waals surface area contributed by atoms with Crippen LogP contribution < -0.4 is 4.90 Å². The summed E-state index contributed by atoms with van der Waals surface area (Å²) in [4.78, 5) is 10.5. The van der Waals surface area contributed by atoms with Crippen LogP contribution in [0.2, 0.25) is 0 Å². The predicted molar refractivity (Wildman–Crippen MR) is 74.8 cm³/mol. The van der Waals surface area contributed by atoms with Crippen molar-refractivity contribution in [1.29, 1.82) is 0 Å². The normalized spacial score (nSPS) is 16.8. The maximum Gasteiger partial charge on any atom is 0.213 e. The van der Waals surface area contributed by atoms with Gasteiger partial charge in [-0.2, -0.15) is 0 Å². The highest BCUT2D eigenvalue weighted by molar-refractivity contribution is 7.89. The smallest absolute Gasteiger partial charge is 0.213 e. The second-order valence-electron chi connectivity index (χ2n) is 4.82. The molecule has 0 radical (unpaired) electrons. The lowest BCUT2D eigenvalue weighted by molar-refractivity contribution is 0.427. The number of hydrogen-bond acceptors (Lipinski definition) is 5. The van der Waals surface area contributed by atoms with E-state index in [0.717, 1.165) is 17.1 Å². The van der Waals surface area contributed by atoms with Crippen molar-refractivity contribution in [2.24, 2.45) is 0 Å². The van der Waals surface area contributed by atoms with E-state index in [1.807, 2.05) is 19.0 Å². The van der Waals surface area contributed by atoms with Gasteiger partial charge in [-0.05, 0) is 13.3 Å². The van der Waals surface area contributed by atoms with Crippen LogP contribution in [0.15, 0.2) is 6.33 Å². The van der Waals surface area contributed by atoms with E-state index in [4.69, 9.17) is 0 Å². The average molecular weight is 284 g/mol. The van der Waals surface area contributed by atoms with Crippen LogP contribution in [0.1, 0.15) is 18.2 Å². The van der Waals surface area contributed by atoms with Gasteiger partial charge in [-0.3, -0.25) is 0 Å². The van der Waals surface area contributed by atoms with Gasteiger partial charge in [-0.25, -0.2) is 22.7 Å². The van der Waals surface area contributed by atoms with E-state index in [1.165, 1.54) is 0 Å². The summed E-state index contributed by atoms with van der Waals surface area (Å²) < 4.78 is 25.5. The van der Waals surface area contributed by atoms with E-state index >= 15 is 0 Å². The molecule has 0 aliphatic carbocycles. The molecule has 19 heavy (non-hydrogen) atoms. The topological polar surface area (TPSA) is 66.4 Å². The van der Waals surface area contributed by atoms with Gasteiger partial charge in [0.2, 0.25) is 10.0 Å². The minimum atomic E-state index is -3.12. The number of anilines is 1. The summed E-state index contributed by atoms with van der Waals surface area (Å²) in [6.07, 6.45) is 2.87. The van der Waals surface area contributed by atoms with E-state index in [1.54, 1.807) is 17.6 Å². The van der Waals surface area contributed by atoms with Crippen LogP contribution in [-0.2, 0) is 22.9 Å². The lowest BCUT2D eigenvalue weighted by Gasteiger charge is -2.19. The minimum Gasteiger partial charge on any atom is -0.362 e. The van der Waals surface area contributed by atoms with Crippen LogP contribution in [0.3, 0.4) is 0 Å². The zero-order chi connectivity index (χ0) is 14.0. The molecule has 0 spiro atoms. The van der Waals surface area contributed by atoms with Crippen molar-refractivity contribution >= 4 is 15.8 Å². The third kappa shape index (κ3) is 2.87. The molecule has 1 aliphatic rings. The van der Waals surface area contributed by atoms with Crippen LogP contribution in [0.25, 0.3) is 0 Å². The van der Waals surface area contributed by atoms with Crippen LogP contribution in [0.5, 0.6) is 0 Å². The van der Waals surface area contributed by atoms with Crippen LogP contribution >= 0.6 is 0 Å². The first-order valence-electron chi connectivity index (χ1n) is 6.43. The molecule has 0 fully saturated rings. The molecular weight excluding hydrogens is 264 g/mol. The van der Waals surface area contributed by atoms with Crippen molar-refractivity contribution in [3.63, 3.8) is 0 Å².